The van der Waals surface area contributed by atoms with Crippen LogP contribution in [0.5, 0.6) is 0 Å². The number of carbonyl (C=O) groups is 1. The molecule has 3 aromatic rings. The van der Waals surface area contributed by atoms with Gasteiger partial charge in [0.25, 0.3) is 5.91 Å². The maximum Gasteiger partial charge on any atom is 0.255 e. The Kier molecular flexibility index (Phi) is 5.97. The summed E-state index contributed by atoms with van der Waals surface area (Å²) in [5, 5.41) is 4.09. The van der Waals surface area contributed by atoms with E-state index < -0.39 is 0 Å². The second-order valence-corrected chi connectivity index (χ2v) is 8.40. The number of halogens is 2. The van der Waals surface area contributed by atoms with Gasteiger partial charge in [0, 0.05) is 48.7 Å². The molecule has 4 nitrogen and oxygen atoms in total. The quantitative estimate of drug-likeness (QED) is 0.577. The standard InChI is InChI=1S/C21H19Cl2N3OS/c22-16-6-7-18(19(23)12-16)21(27)26-10-8-25(9-11-26)13-17-14-28-20(24-17)15-4-2-1-3-5-15/h1-7,12,14H,8-11,13H2. The maximum atomic E-state index is 12.7. The lowest BCUT2D eigenvalue weighted by atomic mass is 10.1. The van der Waals surface area contributed by atoms with Gasteiger partial charge in [-0.1, -0.05) is 53.5 Å². The summed E-state index contributed by atoms with van der Waals surface area (Å²) in [6, 6.07) is 15.2. The van der Waals surface area contributed by atoms with Gasteiger partial charge in [-0.25, -0.2) is 4.98 Å². The second kappa shape index (κ2) is 8.62. The van der Waals surface area contributed by atoms with Crippen molar-refractivity contribution >= 4 is 40.4 Å². The van der Waals surface area contributed by atoms with E-state index in [0.717, 1.165) is 35.9 Å². The Morgan fingerprint density at radius 1 is 1.04 bits per heavy atom. The summed E-state index contributed by atoms with van der Waals surface area (Å²) in [7, 11) is 0. The predicted molar refractivity (Wildman–Crippen MR) is 115 cm³/mol. The normalized spacial score (nSPS) is 15.0. The number of thiazole rings is 1. The number of hydrogen-bond donors (Lipinski definition) is 0. The Morgan fingerprint density at radius 3 is 2.50 bits per heavy atom. The van der Waals surface area contributed by atoms with Crippen LogP contribution in [0.15, 0.2) is 53.9 Å². The molecule has 28 heavy (non-hydrogen) atoms. The van der Waals surface area contributed by atoms with E-state index in [4.69, 9.17) is 28.2 Å². The molecule has 1 aliphatic rings. The van der Waals surface area contributed by atoms with Crippen molar-refractivity contribution < 1.29 is 4.79 Å². The lowest BCUT2D eigenvalue weighted by Crippen LogP contribution is -2.48. The van der Waals surface area contributed by atoms with E-state index in [-0.39, 0.29) is 5.91 Å². The van der Waals surface area contributed by atoms with E-state index in [1.54, 1.807) is 29.5 Å². The van der Waals surface area contributed by atoms with Crippen LogP contribution in [0.2, 0.25) is 10.0 Å². The van der Waals surface area contributed by atoms with Crippen molar-refractivity contribution in [3.05, 3.63) is 75.2 Å². The molecular weight excluding hydrogens is 413 g/mol. The number of amides is 1. The summed E-state index contributed by atoms with van der Waals surface area (Å²) in [6.45, 7) is 3.78. The minimum Gasteiger partial charge on any atom is -0.336 e. The molecule has 2 heterocycles. The Morgan fingerprint density at radius 2 is 1.79 bits per heavy atom. The van der Waals surface area contributed by atoms with E-state index in [2.05, 4.69) is 22.4 Å². The Labute approximate surface area is 178 Å². The average Bonchev–Trinajstić information content (AvgIpc) is 3.17. The second-order valence-electron chi connectivity index (χ2n) is 6.70. The van der Waals surface area contributed by atoms with Gasteiger partial charge in [0.1, 0.15) is 5.01 Å². The van der Waals surface area contributed by atoms with E-state index in [9.17, 15) is 4.79 Å². The molecule has 0 saturated carbocycles. The lowest BCUT2D eigenvalue weighted by molar-refractivity contribution is 0.0627. The third kappa shape index (κ3) is 4.39. The molecule has 4 rings (SSSR count). The van der Waals surface area contributed by atoms with Gasteiger partial charge in [0.2, 0.25) is 0 Å². The van der Waals surface area contributed by atoms with Gasteiger partial charge in [0.15, 0.2) is 0 Å². The first-order valence-electron chi connectivity index (χ1n) is 9.06. The summed E-state index contributed by atoms with van der Waals surface area (Å²) in [4.78, 5) is 21.7. The fourth-order valence-corrected chi connectivity index (χ4v) is 4.57. The largest absolute Gasteiger partial charge is 0.336 e. The maximum absolute atomic E-state index is 12.7. The van der Waals surface area contributed by atoms with Crippen molar-refractivity contribution in [3.63, 3.8) is 0 Å². The third-order valence-electron chi connectivity index (χ3n) is 4.78. The van der Waals surface area contributed by atoms with Crippen LogP contribution in [0.4, 0.5) is 0 Å². The zero-order valence-electron chi connectivity index (χ0n) is 15.1. The van der Waals surface area contributed by atoms with Crippen molar-refractivity contribution in [3.8, 4) is 10.6 Å². The SMILES string of the molecule is O=C(c1ccc(Cl)cc1Cl)N1CCN(Cc2csc(-c3ccccc3)n2)CC1. The summed E-state index contributed by atoms with van der Waals surface area (Å²) >= 11 is 13.8. The van der Waals surface area contributed by atoms with Crippen molar-refractivity contribution in [1.29, 1.82) is 0 Å². The van der Waals surface area contributed by atoms with Crippen molar-refractivity contribution in [1.82, 2.24) is 14.8 Å². The molecule has 2 aromatic carbocycles. The number of benzene rings is 2. The molecule has 7 heteroatoms. The zero-order chi connectivity index (χ0) is 19.5. The molecule has 0 aliphatic carbocycles. The minimum absolute atomic E-state index is 0.0404. The van der Waals surface area contributed by atoms with Gasteiger partial charge in [-0.05, 0) is 18.2 Å². The smallest absolute Gasteiger partial charge is 0.255 e. The van der Waals surface area contributed by atoms with Crippen LogP contribution in [0.25, 0.3) is 10.6 Å². The number of hydrogen-bond acceptors (Lipinski definition) is 4. The molecule has 0 N–H and O–H groups in total. The highest BCUT2D eigenvalue weighted by molar-refractivity contribution is 7.13. The number of nitrogens with zero attached hydrogens (tertiary/aromatic N) is 3. The predicted octanol–water partition coefficient (Wildman–Crippen LogP) is 5.07. The van der Waals surface area contributed by atoms with Crippen LogP contribution >= 0.6 is 34.5 Å². The van der Waals surface area contributed by atoms with E-state index >= 15 is 0 Å². The first-order chi connectivity index (χ1) is 13.6. The van der Waals surface area contributed by atoms with Gasteiger partial charge in [-0.2, -0.15) is 0 Å². The van der Waals surface area contributed by atoms with Crippen LogP contribution in [0.3, 0.4) is 0 Å². The molecule has 1 saturated heterocycles. The molecule has 0 bridgehead atoms. The fourth-order valence-electron chi connectivity index (χ4n) is 3.26. The van der Waals surface area contributed by atoms with E-state index in [1.807, 2.05) is 23.1 Å². The summed E-state index contributed by atoms with van der Waals surface area (Å²) in [5.41, 5.74) is 2.73. The number of rotatable bonds is 4. The lowest BCUT2D eigenvalue weighted by Gasteiger charge is -2.34. The van der Waals surface area contributed by atoms with Gasteiger partial charge in [-0.3, -0.25) is 9.69 Å². The topological polar surface area (TPSA) is 36.4 Å². The van der Waals surface area contributed by atoms with Crippen LogP contribution in [0, 0.1) is 0 Å². The molecule has 0 spiro atoms. The van der Waals surface area contributed by atoms with E-state index in [0.29, 0.717) is 28.7 Å². The number of carbonyl (C=O) groups excluding carboxylic acids is 1. The summed E-state index contributed by atoms with van der Waals surface area (Å²) < 4.78 is 0. The molecular formula is C21H19Cl2N3OS. The fraction of sp³-hybridized carbons (Fsp3) is 0.238. The van der Waals surface area contributed by atoms with Crippen LogP contribution in [-0.4, -0.2) is 46.9 Å². The first-order valence-corrected chi connectivity index (χ1v) is 10.7. The summed E-state index contributed by atoms with van der Waals surface area (Å²) in [6.07, 6.45) is 0. The Bertz CT molecular complexity index is 969. The number of piperazine rings is 1. The van der Waals surface area contributed by atoms with Crippen LogP contribution in [0.1, 0.15) is 16.1 Å². The van der Waals surface area contributed by atoms with Crippen LogP contribution < -0.4 is 0 Å². The van der Waals surface area contributed by atoms with Crippen molar-refractivity contribution in [2.24, 2.45) is 0 Å². The summed E-state index contributed by atoms with van der Waals surface area (Å²) in [5.74, 6) is -0.0404. The average molecular weight is 432 g/mol. The Hall–Kier alpha value is -1.92. The first kappa shape index (κ1) is 19.4. The van der Waals surface area contributed by atoms with Gasteiger partial charge < -0.3 is 4.90 Å². The molecule has 0 unspecified atom stereocenters. The molecule has 1 aliphatic heterocycles. The van der Waals surface area contributed by atoms with Gasteiger partial charge >= 0.3 is 0 Å². The monoisotopic (exact) mass is 431 g/mol. The van der Waals surface area contributed by atoms with Crippen molar-refractivity contribution in [2.75, 3.05) is 26.2 Å². The van der Waals surface area contributed by atoms with Gasteiger partial charge in [-0.15, -0.1) is 11.3 Å². The van der Waals surface area contributed by atoms with Crippen molar-refractivity contribution in [2.45, 2.75) is 6.54 Å². The van der Waals surface area contributed by atoms with E-state index in [1.165, 1.54) is 0 Å². The zero-order valence-corrected chi connectivity index (χ0v) is 17.5. The number of aromatic nitrogens is 1. The highest BCUT2D eigenvalue weighted by Gasteiger charge is 2.24. The Balaban J connectivity index is 1.34. The minimum atomic E-state index is -0.0404. The molecule has 1 aromatic heterocycles. The molecule has 0 radical (unpaired) electrons. The molecule has 1 amide bonds. The molecule has 0 atom stereocenters. The van der Waals surface area contributed by atoms with Gasteiger partial charge in [0.05, 0.1) is 16.3 Å². The highest BCUT2D eigenvalue weighted by atomic mass is 35.5. The van der Waals surface area contributed by atoms with Crippen LogP contribution in [-0.2, 0) is 6.54 Å². The third-order valence-corrected chi connectivity index (χ3v) is 6.27. The molecule has 1 fully saturated rings. The highest BCUT2D eigenvalue weighted by Crippen LogP contribution is 2.25. The molecule has 144 valence electrons.